The van der Waals surface area contributed by atoms with Crippen LogP contribution in [0.1, 0.15) is 0 Å². The van der Waals surface area contributed by atoms with Gasteiger partial charge in [-0.2, -0.15) is 0 Å². The van der Waals surface area contributed by atoms with Crippen LogP contribution in [0.3, 0.4) is 0 Å². The lowest BCUT2D eigenvalue weighted by Gasteiger charge is -2.26. The van der Waals surface area contributed by atoms with Gasteiger partial charge in [0.25, 0.3) is 0 Å². The molecule has 0 aliphatic rings. The van der Waals surface area contributed by atoms with Gasteiger partial charge in [0.15, 0.2) is 0 Å². The van der Waals surface area contributed by atoms with E-state index in [2.05, 4.69) is 252 Å². The topological polar surface area (TPSA) is 8.17 Å². The van der Waals surface area contributed by atoms with Gasteiger partial charge in [-0.1, -0.05) is 170 Å². The Morgan fingerprint density at radius 2 is 0.862 bits per heavy atom. The van der Waals surface area contributed by atoms with Gasteiger partial charge in [-0.05, 0) is 122 Å². The van der Waals surface area contributed by atoms with Gasteiger partial charge < -0.3 is 9.47 Å². The smallest absolute Gasteiger partial charge is 0.0619 e. The molecule has 0 saturated heterocycles. The highest BCUT2D eigenvalue weighted by atomic mass is 32.1. The van der Waals surface area contributed by atoms with Crippen LogP contribution in [0.4, 0.5) is 17.1 Å². The molecular formula is C62H40N2S. The van der Waals surface area contributed by atoms with Gasteiger partial charge in [0.1, 0.15) is 0 Å². The summed E-state index contributed by atoms with van der Waals surface area (Å²) in [4.78, 5) is 2.37. The number of thiophene rings is 1. The van der Waals surface area contributed by atoms with Crippen LogP contribution in [0.2, 0.25) is 0 Å². The number of aromatic nitrogens is 1. The molecule has 0 aliphatic carbocycles. The maximum atomic E-state index is 2.44. The van der Waals surface area contributed by atoms with Crippen LogP contribution in [-0.4, -0.2) is 4.57 Å². The summed E-state index contributed by atoms with van der Waals surface area (Å²) in [5.74, 6) is 0. The highest BCUT2D eigenvalue weighted by Crippen LogP contribution is 2.43. The first kappa shape index (κ1) is 37.3. The first-order valence-corrected chi connectivity index (χ1v) is 23.1. The number of para-hydroxylation sites is 1. The number of hydrogen-bond acceptors (Lipinski definition) is 2. The molecule has 0 saturated carbocycles. The number of anilines is 3. The van der Waals surface area contributed by atoms with Gasteiger partial charge in [-0.3, -0.25) is 0 Å². The molecule has 13 rings (SSSR count). The van der Waals surface area contributed by atoms with Crippen LogP contribution >= 0.6 is 11.3 Å². The van der Waals surface area contributed by atoms with E-state index in [-0.39, 0.29) is 0 Å². The Bertz CT molecular complexity index is 3920. The lowest BCUT2D eigenvalue weighted by Crippen LogP contribution is -2.09. The van der Waals surface area contributed by atoms with Crippen molar-refractivity contribution >= 4 is 91.9 Å². The fourth-order valence-electron chi connectivity index (χ4n) is 10.0. The first-order chi connectivity index (χ1) is 32.2. The fraction of sp³-hybridized carbons (Fsp3) is 0. The van der Waals surface area contributed by atoms with Crippen molar-refractivity contribution in [2.24, 2.45) is 0 Å². The summed E-state index contributed by atoms with van der Waals surface area (Å²) >= 11 is 1.86. The molecule has 0 bridgehead atoms. The van der Waals surface area contributed by atoms with Crippen molar-refractivity contribution in [3.8, 4) is 39.1 Å². The summed E-state index contributed by atoms with van der Waals surface area (Å²) in [6.45, 7) is 0. The number of nitrogens with zero attached hydrogens (tertiary/aromatic N) is 2. The molecule has 0 amide bonds. The predicted octanol–water partition coefficient (Wildman–Crippen LogP) is 17.9. The summed E-state index contributed by atoms with van der Waals surface area (Å²) in [6, 6.07) is 88.9. The van der Waals surface area contributed by atoms with Crippen molar-refractivity contribution < 1.29 is 0 Å². The third-order valence-corrected chi connectivity index (χ3v) is 14.3. The van der Waals surface area contributed by atoms with Crippen molar-refractivity contribution in [1.29, 1.82) is 0 Å². The van der Waals surface area contributed by atoms with Crippen LogP contribution in [0.15, 0.2) is 243 Å². The largest absolute Gasteiger partial charge is 0.311 e. The molecule has 65 heavy (non-hydrogen) atoms. The molecule has 0 aliphatic heterocycles. The highest BCUT2D eigenvalue weighted by Gasteiger charge is 2.18. The molecule has 2 aromatic heterocycles. The Hall–Kier alpha value is -8.24. The van der Waals surface area contributed by atoms with E-state index in [4.69, 9.17) is 0 Å². The lowest BCUT2D eigenvalue weighted by atomic mass is 9.98. The maximum absolute atomic E-state index is 2.44. The zero-order valence-electron chi connectivity index (χ0n) is 35.4. The van der Waals surface area contributed by atoms with E-state index in [0.29, 0.717) is 0 Å². The number of rotatable bonds is 7. The molecule has 2 nitrogen and oxygen atoms in total. The van der Waals surface area contributed by atoms with Gasteiger partial charge in [-0.25, -0.2) is 0 Å². The van der Waals surface area contributed by atoms with E-state index in [9.17, 15) is 0 Å². The average molecular weight is 845 g/mol. The summed E-state index contributed by atoms with van der Waals surface area (Å²) in [5.41, 5.74) is 14.1. The van der Waals surface area contributed by atoms with E-state index >= 15 is 0 Å². The van der Waals surface area contributed by atoms with E-state index < -0.39 is 0 Å². The molecule has 0 atom stereocenters. The third-order valence-electron chi connectivity index (χ3n) is 13.2. The predicted molar refractivity (Wildman–Crippen MR) is 280 cm³/mol. The monoisotopic (exact) mass is 844 g/mol. The van der Waals surface area contributed by atoms with E-state index in [1.807, 2.05) is 11.3 Å². The van der Waals surface area contributed by atoms with Crippen molar-refractivity contribution in [3.63, 3.8) is 0 Å². The minimum absolute atomic E-state index is 1.09. The average Bonchev–Trinajstić information content (AvgIpc) is 3.93. The first-order valence-electron chi connectivity index (χ1n) is 22.2. The third kappa shape index (κ3) is 6.31. The Morgan fingerprint density at radius 1 is 0.323 bits per heavy atom. The zero-order chi connectivity index (χ0) is 42.8. The molecule has 0 fully saturated rings. The van der Waals surface area contributed by atoms with E-state index in [0.717, 1.165) is 22.7 Å². The van der Waals surface area contributed by atoms with Crippen molar-refractivity contribution in [2.45, 2.75) is 0 Å². The van der Waals surface area contributed by atoms with Gasteiger partial charge in [0.05, 0.1) is 11.0 Å². The fourth-order valence-corrected chi connectivity index (χ4v) is 11.2. The molecule has 0 spiro atoms. The summed E-state index contributed by atoms with van der Waals surface area (Å²) in [5, 5.41) is 10.1. The molecule has 0 N–H and O–H groups in total. The normalized spacial score (nSPS) is 11.7. The minimum Gasteiger partial charge on any atom is -0.311 e. The quantitative estimate of drug-likeness (QED) is 0.155. The Morgan fingerprint density at radius 3 is 1.60 bits per heavy atom. The molecule has 0 radical (unpaired) electrons. The number of fused-ring (bicyclic) bond motifs is 9. The lowest BCUT2D eigenvalue weighted by molar-refractivity contribution is 1.19. The van der Waals surface area contributed by atoms with Crippen LogP contribution in [0, 0.1) is 0 Å². The summed E-state index contributed by atoms with van der Waals surface area (Å²) < 4.78 is 5.08. The Kier molecular flexibility index (Phi) is 8.75. The van der Waals surface area contributed by atoms with Crippen molar-refractivity contribution in [2.75, 3.05) is 4.90 Å². The molecule has 304 valence electrons. The SMILES string of the molecule is c1ccc(-n2c3cc(-c4ccc(N(c5ccc(-c6ccc7ccccc7c6)cc5)c5ccc(-c6cccc7sc8ccccc8c67)cc5)cc4)ccc3c3ccc4ccccc4c32)cc1. The molecular weight excluding hydrogens is 805 g/mol. The second-order valence-electron chi connectivity index (χ2n) is 16.9. The maximum Gasteiger partial charge on any atom is 0.0619 e. The van der Waals surface area contributed by atoms with Gasteiger partial charge in [0, 0.05) is 59.1 Å². The van der Waals surface area contributed by atoms with Gasteiger partial charge >= 0.3 is 0 Å². The van der Waals surface area contributed by atoms with Gasteiger partial charge in [0.2, 0.25) is 0 Å². The Balaban J connectivity index is 0.912. The molecule has 11 aromatic carbocycles. The van der Waals surface area contributed by atoms with Crippen LogP contribution in [-0.2, 0) is 0 Å². The molecule has 2 heterocycles. The van der Waals surface area contributed by atoms with Gasteiger partial charge in [-0.15, -0.1) is 11.3 Å². The Labute approximate surface area is 381 Å². The molecule has 3 heteroatoms. The van der Waals surface area contributed by atoms with E-state index in [1.165, 1.54) is 96.9 Å². The van der Waals surface area contributed by atoms with Crippen LogP contribution in [0.5, 0.6) is 0 Å². The standard InChI is InChI=1S/C62H40N2S/c1-2-14-49(15-3-1)64-58-40-48(30-37-55(58)56-38-29-44-12-6-7-16-54(44)62(56)64)43-25-33-51(34-26-43)63(50-31-23-42(24-32-50)47-22-21-41-11-4-5-13-46(41)39-47)52-35-27-45(28-36-52)53-18-10-20-60-61(53)57-17-8-9-19-59(57)65-60/h1-40H. The van der Waals surface area contributed by atoms with Crippen molar-refractivity contribution in [3.05, 3.63) is 243 Å². The molecule has 13 aromatic rings. The summed E-state index contributed by atoms with van der Waals surface area (Å²) in [6.07, 6.45) is 0. The van der Waals surface area contributed by atoms with Crippen LogP contribution < -0.4 is 4.90 Å². The zero-order valence-corrected chi connectivity index (χ0v) is 36.2. The minimum atomic E-state index is 1.09. The van der Waals surface area contributed by atoms with Crippen LogP contribution in [0.25, 0.3) is 103 Å². The van der Waals surface area contributed by atoms with Crippen molar-refractivity contribution in [1.82, 2.24) is 4.57 Å². The van der Waals surface area contributed by atoms with E-state index in [1.54, 1.807) is 0 Å². The highest BCUT2D eigenvalue weighted by molar-refractivity contribution is 7.25. The number of benzene rings is 11. The number of hydrogen-bond donors (Lipinski definition) is 0. The summed E-state index contributed by atoms with van der Waals surface area (Å²) in [7, 11) is 0. The second-order valence-corrected chi connectivity index (χ2v) is 18.0. The molecule has 0 unspecified atom stereocenters. The second kappa shape index (κ2) is 15.2.